The maximum Gasteiger partial charge on any atom is 0.221 e. The Morgan fingerprint density at radius 3 is 2.43 bits per heavy atom. The van der Waals surface area contributed by atoms with E-state index in [4.69, 9.17) is 0 Å². The monoisotopic (exact) mass is 317 g/mol. The first-order valence-electron chi connectivity index (χ1n) is 8.61. The number of amides is 1. The van der Waals surface area contributed by atoms with Crippen molar-refractivity contribution in [2.45, 2.75) is 19.3 Å². The van der Waals surface area contributed by atoms with E-state index in [1.165, 1.54) is 5.69 Å². The molecule has 0 unspecified atom stereocenters. The number of aliphatic hydroxyl groups excluding tert-OH is 1. The van der Waals surface area contributed by atoms with Crippen molar-refractivity contribution in [3.05, 3.63) is 30.3 Å². The molecule has 2 aliphatic rings. The summed E-state index contributed by atoms with van der Waals surface area (Å²) in [5.74, 6) is 0.107. The first-order valence-corrected chi connectivity index (χ1v) is 8.61. The van der Waals surface area contributed by atoms with Crippen LogP contribution in [0.4, 0.5) is 5.69 Å². The number of hydrogen-bond acceptors (Lipinski definition) is 4. The third kappa shape index (κ3) is 4.45. The second-order valence-corrected chi connectivity index (χ2v) is 6.85. The second-order valence-electron chi connectivity index (χ2n) is 6.85. The van der Waals surface area contributed by atoms with Crippen molar-refractivity contribution in [2.24, 2.45) is 5.41 Å². The zero-order valence-corrected chi connectivity index (χ0v) is 13.7. The highest BCUT2D eigenvalue weighted by Gasteiger charge is 2.41. The Hall–Kier alpha value is -1.59. The maximum absolute atomic E-state index is 11.9. The number of piperazine rings is 1. The minimum atomic E-state index is -0.00301. The lowest BCUT2D eigenvalue weighted by atomic mass is 10.1. The molecule has 1 heterocycles. The Bertz CT molecular complexity index is 508. The van der Waals surface area contributed by atoms with Gasteiger partial charge in [0.2, 0.25) is 5.91 Å². The Labute approximate surface area is 138 Å². The van der Waals surface area contributed by atoms with E-state index in [0.29, 0.717) is 13.0 Å². The predicted molar refractivity (Wildman–Crippen MR) is 91.5 cm³/mol. The molecule has 1 aliphatic carbocycles. The summed E-state index contributed by atoms with van der Waals surface area (Å²) in [6.07, 6.45) is 2.61. The van der Waals surface area contributed by atoms with Crippen LogP contribution >= 0.6 is 0 Å². The van der Waals surface area contributed by atoms with Crippen LogP contribution in [0.25, 0.3) is 0 Å². The third-order valence-electron chi connectivity index (χ3n) is 5.10. The van der Waals surface area contributed by atoms with Crippen molar-refractivity contribution in [1.82, 2.24) is 10.2 Å². The molecule has 0 aromatic heterocycles. The molecule has 3 rings (SSSR count). The van der Waals surface area contributed by atoms with Crippen LogP contribution in [0.3, 0.4) is 0 Å². The van der Waals surface area contributed by atoms with Gasteiger partial charge in [0.15, 0.2) is 0 Å². The van der Waals surface area contributed by atoms with E-state index in [2.05, 4.69) is 39.4 Å². The SMILES string of the molecule is O=C(CCN1CCN(c2ccccc2)CC1)NCC1(CO)CC1. The zero-order chi connectivity index (χ0) is 16.1. The number of para-hydroxylation sites is 1. The van der Waals surface area contributed by atoms with Crippen molar-refractivity contribution in [2.75, 3.05) is 50.8 Å². The van der Waals surface area contributed by atoms with Crippen LogP contribution in [0.1, 0.15) is 19.3 Å². The predicted octanol–water partition coefficient (Wildman–Crippen LogP) is 1.09. The van der Waals surface area contributed by atoms with Gasteiger partial charge in [-0.2, -0.15) is 0 Å². The van der Waals surface area contributed by atoms with Crippen molar-refractivity contribution in [3.8, 4) is 0 Å². The summed E-state index contributed by atoms with van der Waals surface area (Å²) in [6.45, 7) is 5.67. The van der Waals surface area contributed by atoms with Gasteiger partial charge in [0, 0.05) is 56.8 Å². The van der Waals surface area contributed by atoms with Gasteiger partial charge in [-0.25, -0.2) is 0 Å². The number of nitrogens with one attached hydrogen (secondary N) is 1. The number of rotatable bonds is 7. The third-order valence-corrected chi connectivity index (χ3v) is 5.10. The molecule has 1 aliphatic heterocycles. The highest BCUT2D eigenvalue weighted by Crippen LogP contribution is 2.44. The van der Waals surface area contributed by atoms with Gasteiger partial charge in [-0.15, -0.1) is 0 Å². The molecule has 0 bridgehead atoms. The lowest BCUT2D eigenvalue weighted by Crippen LogP contribution is -2.47. The molecule has 2 N–H and O–H groups in total. The average Bonchev–Trinajstić information content (AvgIpc) is 3.40. The minimum Gasteiger partial charge on any atom is -0.396 e. The van der Waals surface area contributed by atoms with Crippen LogP contribution < -0.4 is 10.2 Å². The summed E-state index contributed by atoms with van der Waals surface area (Å²) in [5.41, 5.74) is 1.28. The normalized spacial score (nSPS) is 20.3. The fourth-order valence-corrected chi connectivity index (χ4v) is 3.07. The Morgan fingerprint density at radius 1 is 1.13 bits per heavy atom. The van der Waals surface area contributed by atoms with E-state index >= 15 is 0 Å². The standard InChI is InChI=1S/C18H27N3O2/c22-15-18(7-8-18)14-19-17(23)6-9-20-10-12-21(13-11-20)16-4-2-1-3-5-16/h1-5,22H,6-15H2,(H,19,23). The van der Waals surface area contributed by atoms with Gasteiger partial charge in [-0.1, -0.05) is 18.2 Å². The minimum absolute atomic E-state index is 0.00301. The van der Waals surface area contributed by atoms with Crippen LogP contribution in [0.5, 0.6) is 0 Å². The van der Waals surface area contributed by atoms with Gasteiger partial charge in [0.05, 0.1) is 6.61 Å². The molecule has 1 saturated heterocycles. The Morgan fingerprint density at radius 2 is 1.83 bits per heavy atom. The van der Waals surface area contributed by atoms with Crippen LogP contribution in [0, 0.1) is 5.41 Å². The summed E-state index contributed by atoms with van der Waals surface area (Å²) >= 11 is 0. The Balaban J connectivity index is 1.33. The molecule has 126 valence electrons. The molecule has 23 heavy (non-hydrogen) atoms. The fourth-order valence-electron chi connectivity index (χ4n) is 3.07. The van der Waals surface area contributed by atoms with E-state index in [0.717, 1.165) is 45.6 Å². The molecule has 1 aromatic carbocycles. The van der Waals surface area contributed by atoms with E-state index in [9.17, 15) is 9.90 Å². The first-order chi connectivity index (χ1) is 11.2. The summed E-state index contributed by atoms with van der Waals surface area (Å²) in [6, 6.07) is 10.5. The summed E-state index contributed by atoms with van der Waals surface area (Å²) in [5, 5.41) is 12.2. The van der Waals surface area contributed by atoms with Gasteiger partial charge >= 0.3 is 0 Å². The quantitative estimate of drug-likeness (QED) is 0.790. The smallest absolute Gasteiger partial charge is 0.221 e. The van der Waals surface area contributed by atoms with Crippen molar-refractivity contribution in [3.63, 3.8) is 0 Å². The lowest BCUT2D eigenvalue weighted by molar-refractivity contribution is -0.121. The number of carbonyl (C=O) groups is 1. The lowest BCUT2D eigenvalue weighted by Gasteiger charge is -2.36. The fraction of sp³-hybridized carbons (Fsp3) is 0.611. The topological polar surface area (TPSA) is 55.8 Å². The van der Waals surface area contributed by atoms with Gasteiger partial charge in [-0.3, -0.25) is 9.69 Å². The van der Waals surface area contributed by atoms with Crippen LogP contribution in [0.15, 0.2) is 30.3 Å². The maximum atomic E-state index is 11.9. The van der Waals surface area contributed by atoms with E-state index in [-0.39, 0.29) is 17.9 Å². The largest absolute Gasteiger partial charge is 0.396 e. The van der Waals surface area contributed by atoms with Gasteiger partial charge < -0.3 is 15.3 Å². The summed E-state index contributed by atoms with van der Waals surface area (Å²) < 4.78 is 0. The van der Waals surface area contributed by atoms with Crippen LogP contribution in [0.2, 0.25) is 0 Å². The summed E-state index contributed by atoms with van der Waals surface area (Å²) in [4.78, 5) is 16.7. The van der Waals surface area contributed by atoms with Crippen LogP contribution in [-0.4, -0.2) is 61.8 Å². The number of benzene rings is 1. The molecule has 2 fully saturated rings. The van der Waals surface area contributed by atoms with E-state index < -0.39 is 0 Å². The molecule has 1 aromatic rings. The molecule has 0 atom stereocenters. The number of carbonyl (C=O) groups excluding carboxylic acids is 1. The molecule has 0 spiro atoms. The van der Waals surface area contributed by atoms with Crippen molar-refractivity contribution >= 4 is 11.6 Å². The number of hydrogen-bond donors (Lipinski definition) is 2. The van der Waals surface area contributed by atoms with E-state index in [1.54, 1.807) is 0 Å². The number of anilines is 1. The molecule has 0 radical (unpaired) electrons. The van der Waals surface area contributed by atoms with Crippen molar-refractivity contribution < 1.29 is 9.90 Å². The average molecular weight is 317 g/mol. The molecular weight excluding hydrogens is 290 g/mol. The molecule has 1 amide bonds. The first kappa shape index (κ1) is 16.3. The van der Waals surface area contributed by atoms with Crippen molar-refractivity contribution in [1.29, 1.82) is 0 Å². The van der Waals surface area contributed by atoms with Crippen LogP contribution in [-0.2, 0) is 4.79 Å². The molecule has 5 nitrogen and oxygen atoms in total. The highest BCUT2D eigenvalue weighted by molar-refractivity contribution is 5.76. The van der Waals surface area contributed by atoms with E-state index in [1.807, 2.05) is 6.07 Å². The molecular formula is C18H27N3O2. The molecule has 5 heteroatoms. The van der Waals surface area contributed by atoms with Gasteiger partial charge in [-0.05, 0) is 25.0 Å². The Kier molecular flexibility index (Phi) is 5.18. The summed E-state index contributed by atoms with van der Waals surface area (Å²) in [7, 11) is 0. The second kappa shape index (κ2) is 7.32. The van der Waals surface area contributed by atoms with Gasteiger partial charge in [0.25, 0.3) is 0 Å². The van der Waals surface area contributed by atoms with Gasteiger partial charge in [0.1, 0.15) is 0 Å². The number of nitrogens with zero attached hydrogens (tertiary/aromatic N) is 2. The molecule has 1 saturated carbocycles. The highest BCUT2D eigenvalue weighted by atomic mass is 16.3. The zero-order valence-electron chi connectivity index (χ0n) is 13.7. The number of aliphatic hydroxyl groups is 1.